The summed E-state index contributed by atoms with van der Waals surface area (Å²) in [7, 11) is 0. The van der Waals surface area contributed by atoms with Gasteiger partial charge in [-0.15, -0.1) is 0 Å². The topological polar surface area (TPSA) is 76.4 Å². The highest BCUT2D eigenvalue weighted by atomic mass is 16.6. The Labute approximate surface area is 120 Å². The summed E-state index contributed by atoms with van der Waals surface area (Å²) >= 11 is 0. The van der Waals surface area contributed by atoms with Crippen molar-refractivity contribution in [3.63, 3.8) is 0 Å². The predicted octanol–water partition coefficient (Wildman–Crippen LogP) is 2.90. The van der Waals surface area contributed by atoms with Crippen molar-refractivity contribution in [1.82, 2.24) is 5.32 Å². The van der Waals surface area contributed by atoms with Crippen LogP contribution in [0.15, 0.2) is 18.2 Å². The number of alkyl carbamates (subject to hydrolysis) is 1. The average molecular weight is 279 g/mol. The van der Waals surface area contributed by atoms with Gasteiger partial charge in [0.2, 0.25) is 0 Å². The molecule has 0 aliphatic heterocycles. The molecule has 1 amide bonds. The van der Waals surface area contributed by atoms with Crippen molar-refractivity contribution >= 4 is 17.5 Å². The molecule has 5 heteroatoms. The van der Waals surface area contributed by atoms with E-state index in [0.29, 0.717) is 6.54 Å². The van der Waals surface area contributed by atoms with Crippen LogP contribution in [-0.2, 0) is 4.74 Å². The normalized spacial score (nSPS) is 11.0. The summed E-state index contributed by atoms with van der Waals surface area (Å²) in [5.41, 5.74) is 8.24. The summed E-state index contributed by atoms with van der Waals surface area (Å²) in [5, 5.41) is 5.98. The summed E-state index contributed by atoms with van der Waals surface area (Å²) < 4.78 is 5.15. The van der Waals surface area contributed by atoms with Crippen LogP contribution in [0.25, 0.3) is 0 Å². The van der Waals surface area contributed by atoms with Gasteiger partial charge < -0.3 is 21.1 Å². The third kappa shape index (κ3) is 6.31. The van der Waals surface area contributed by atoms with Gasteiger partial charge in [-0.1, -0.05) is 6.07 Å². The van der Waals surface area contributed by atoms with Crippen molar-refractivity contribution in [2.24, 2.45) is 0 Å². The van der Waals surface area contributed by atoms with E-state index < -0.39 is 5.60 Å². The predicted molar refractivity (Wildman–Crippen MR) is 82.9 cm³/mol. The third-order valence-corrected chi connectivity index (χ3v) is 2.55. The van der Waals surface area contributed by atoms with Crippen molar-refractivity contribution in [3.8, 4) is 0 Å². The lowest BCUT2D eigenvalue weighted by Gasteiger charge is -2.19. The Morgan fingerprint density at radius 2 is 2.00 bits per heavy atom. The molecule has 112 valence electrons. The zero-order chi connectivity index (χ0) is 15.2. The Bertz CT molecular complexity index is 453. The molecule has 0 heterocycles. The fourth-order valence-corrected chi connectivity index (χ4v) is 1.64. The van der Waals surface area contributed by atoms with Gasteiger partial charge in [0, 0.05) is 13.1 Å². The third-order valence-electron chi connectivity index (χ3n) is 2.55. The second-order valence-electron chi connectivity index (χ2n) is 5.80. The standard InChI is InChI=1S/C15H25N3O2/c1-11-6-7-12(16)13(10-11)17-8-5-9-18-14(19)20-15(2,3)4/h6-7,10,17H,5,8-9,16H2,1-4H3,(H,18,19). The van der Waals surface area contributed by atoms with Gasteiger partial charge in [0.15, 0.2) is 0 Å². The van der Waals surface area contributed by atoms with Crippen molar-refractivity contribution in [2.45, 2.75) is 39.7 Å². The molecule has 0 saturated heterocycles. The van der Waals surface area contributed by atoms with Crippen LogP contribution < -0.4 is 16.4 Å². The molecule has 0 aliphatic carbocycles. The van der Waals surface area contributed by atoms with E-state index in [9.17, 15) is 4.79 Å². The lowest BCUT2D eigenvalue weighted by atomic mass is 10.2. The molecular weight excluding hydrogens is 254 g/mol. The van der Waals surface area contributed by atoms with E-state index in [1.54, 1.807) is 0 Å². The molecule has 0 radical (unpaired) electrons. The first kappa shape index (κ1) is 16.1. The highest BCUT2D eigenvalue weighted by Crippen LogP contribution is 2.19. The van der Waals surface area contributed by atoms with Crippen LogP contribution in [0.4, 0.5) is 16.2 Å². The van der Waals surface area contributed by atoms with Crippen LogP contribution >= 0.6 is 0 Å². The van der Waals surface area contributed by atoms with Crippen molar-refractivity contribution in [1.29, 1.82) is 0 Å². The molecule has 1 aromatic rings. The minimum Gasteiger partial charge on any atom is -0.444 e. The average Bonchev–Trinajstić information content (AvgIpc) is 2.30. The fourth-order valence-electron chi connectivity index (χ4n) is 1.64. The Morgan fingerprint density at radius 3 is 2.65 bits per heavy atom. The molecule has 1 aromatic carbocycles. The van der Waals surface area contributed by atoms with E-state index in [-0.39, 0.29) is 6.09 Å². The highest BCUT2D eigenvalue weighted by molar-refractivity contribution is 5.68. The smallest absolute Gasteiger partial charge is 0.407 e. The quantitative estimate of drug-likeness (QED) is 0.572. The Hall–Kier alpha value is -1.91. The molecule has 0 saturated carbocycles. The first-order valence-corrected chi connectivity index (χ1v) is 6.85. The maximum atomic E-state index is 11.4. The molecule has 0 fully saturated rings. The summed E-state index contributed by atoms with van der Waals surface area (Å²) in [5.74, 6) is 0. The number of anilines is 2. The monoisotopic (exact) mass is 279 g/mol. The molecule has 0 atom stereocenters. The van der Waals surface area contributed by atoms with E-state index in [1.165, 1.54) is 0 Å². The second kappa shape index (κ2) is 7.03. The number of aryl methyl sites for hydroxylation is 1. The van der Waals surface area contributed by atoms with Crippen LogP contribution in [0, 0.1) is 6.92 Å². The molecule has 0 bridgehead atoms. The molecule has 20 heavy (non-hydrogen) atoms. The molecule has 1 rings (SSSR count). The minimum atomic E-state index is -0.460. The number of amides is 1. The van der Waals surface area contributed by atoms with E-state index in [0.717, 1.165) is 29.9 Å². The molecular formula is C15H25N3O2. The van der Waals surface area contributed by atoms with Gasteiger partial charge in [0.25, 0.3) is 0 Å². The van der Waals surface area contributed by atoms with Gasteiger partial charge >= 0.3 is 6.09 Å². The van der Waals surface area contributed by atoms with E-state index >= 15 is 0 Å². The Balaban J connectivity index is 2.22. The number of carbonyl (C=O) groups is 1. The van der Waals surface area contributed by atoms with Crippen LogP contribution in [0.2, 0.25) is 0 Å². The molecule has 0 unspecified atom stereocenters. The number of nitrogen functional groups attached to an aromatic ring is 1. The first-order chi connectivity index (χ1) is 9.28. The number of rotatable bonds is 5. The highest BCUT2D eigenvalue weighted by Gasteiger charge is 2.15. The minimum absolute atomic E-state index is 0.382. The van der Waals surface area contributed by atoms with Gasteiger partial charge in [0.1, 0.15) is 5.60 Å². The van der Waals surface area contributed by atoms with Gasteiger partial charge in [-0.2, -0.15) is 0 Å². The van der Waals surface area contributed by atoms with Crippen LogP contribution in [0.3, 0.4) is 0 Å². The number of ether oxygens (including phenoxy) is 1. The first-order valence-electron chi connectivity index (χ1n) is 6.85. The lowest BCUT2D eigenvalue weighted by Crippen LogP contribution is -2.33. The van der Waals surface area contributed by atoms with E-state index in [2.05, 4.69) is 10.6 Å². The van der Waals surface area contributed by atoms with Gasteiger partial charge in [-0.05, 0) is 51.8 Å². The van der Waals surface area contributed by atoms with Crippen molar-refractivity contribution in [3.05, 3.63) is 23.8 Å². The maximum Gasteiger partial charge on any atom is 0.407 e. The van der Waals surface area contributed by atoms with Gasteiger partial charge in [-0.3, -0.25) is 0 Å². The molecule has 4 N–H and O–H groups in total. The Kier molecular flexibility index (Phi) is 5.67. The lowest BCUT2D eigenvalue weighted by molar-refractivity contribution is 0.0528. The number of hydrogen-bond acceptors (Lipinski definition) is 4. The van der Waals surface area contributed by atoms with E-state index in [1.807, 2.05) is 45.9 Å². The molecule has 0 spiro atoms. The zero-order valence-corrected chi connectivity index (χ0v) is 12.7. The fraction of sp³-hybridized carbons (Fsp3) is 0.533. The van der Waals surface area contributed by atoms with E-state index in [4.69, 9.17) is 10.5 Å². The zero-order valence-electron chi connectivity index (χ0n) is 12.7. The van der Waals surface area contributed by atoms with Gasteiger partial charge in [-0.25, -0.2) is 4.79 Å². The van der Waals surface area contributed by atoms with Crippen molar-refractivity contribution in [2.75, 3.05) is 24.1 Å². The number of nitrogens with two attached hydrogens (primary N) is 1. The maximum absolute atomic E-state index is 11.4. The Morgan fingerprint density at radius 1 is 1.30 bits per heavy atom. The number of benzene rings is 1. The van der Waals surface area contributed by atoms with Crippen LogP contribution in [0.1, 0.15) is 32.8 Å². The number of nitrogens with one attached hydrogen (secondary N) is 2. The van der Waals surface area contributed by atoms with Crippen molar-refractivity contribution < 1.29 is 9.53 Å². The molecule has 0 aromatic heterocycles. The summed E-state index contributed by atoms with van der Waals surface area (Å²) in [6.45, 7) is 8.85. The summed E-state index contributed by atoms with van der Waals surface area (Å²) in [6, 6.07) is 5.87. The van der Waals surface area contributed by atoms with Crippen LogP contribution in [-0.4, -0.2) is 24.8 Å². The SMILES string of the molecule is Cc1ccc(N)c(NCCCNC(=O)OC(C)(C)C)c1. The largest absolute Gasteiger partial charge is 0.444 e. The van der Waals surface area contributed by atoms with Crippen LogP contribution in [0.5, 0.6) is 0 Å². The molecule has 5 nitrogen and oxygen atoms in total. The summed E-state index contributed by atoms with van der Waals surface area (Å²) in [6.07, 6.45) is 0.416. The number of carbonyl (C=O) groups excluding carboxylic acids is 1. The summed E-state index contributed by atoms with van der Waals surface area (Å²) in [4.78, 5) is 11.4. The van der Waals surface area contributed by atoms with Gasteiger partial charge in [0.05, 0.1) is 11.4 Å². The second-order valence-corrected chi connectivity index (χ2v) is 5.80. The molecule has 0 aliphatic rings. The number of hydrogen-bond donors (Lipinski definition) is 3.